The zero-order valence-electron chi connectivity index (χ0n) is 12.5. The third-order valence-electron chi connectivity index (χ3n) is 3.37. The van der Waals surface area contributed by atoms with Crippen LogP contribution in [0.3, 0.4) is 0 Å². The molecule has 0 radical (unpaired) electrons. The number of nitrogens with zero attached hydrogens (tertiary/aromatic N) is 1. The Hall–Kier alpha value is -2.40. The van der Waals surface area contributed by atoms with Crippen LogP contribution in [0.5, 0.6) is 0 Å². The van der Waals surface area contributed by atoms with Crippen LogP contribution in [0.4, 0.5) is 11.4 Å². The van der Waals surface area contributed by atoms with E-state index in [9.17, 15) is 0 Å². The van der Waals surface area contributed by atoms with Crippen molar-refractivity contribution in [1.82, 2.24) is 4.98 Å². The quantitative estimate of drug-likeness (QED) is 0.697. The molecule has 22 heavy (non-hydrogen) atoms. The van der Waals surface area contributed by atoms with E-state index in [1.165, 1.54) is 5.56 Å². The summed E-state index contributed by atoms with van der Waals surface area (Å²) >= 11 is 5.34. The van der Waals surface area contributed by atoms with Gasteiger partial charge in [0.2, 0.25) is 0 Å². The Bertz CT molecular complexity index is 808. The minimum Gasteiger partial charge on any atom is -0.441 e. The molecule has 2 N–H and O–H groups in total. The fourth-order valence-electron chi connectivity index (χ4n) is 2.24. The first-order valence-corrected chi connectivity index (χ1v) is 7.59. The van der Waals surface area contributed by atoms with Gasteiger partial charge < -0.3 is 15.1 Å². The Morgan fingerprint density at radius 3 is 2.50 bits per heavy atom. The minimum absolute atomic E-state index is 0.545. The first-order chi connectivity index (χ1) is 10.6. The van der Waals surface area contributed by atoms with Gasteiger partial charge in [-0.15, -0.1) is 0 Å². The predicted molar refractivity (Wildman–Crippen MR) is 94.4 cm³/mol. The molecule has 4 nitrogen and oxygen atoms in total. The highest BCUT2D eigenvalue weighted by Crippen LogP contribution is 2.20. The number of thiocarbonyl (C=S) groups is 1. The first-order valence-electron chi connectivity index (χ1n) is 7.18. The van der Waals surface area contributed by atoms with Gasteiger partial charge in [0, 0.05) is 18.3 Å². The van der Waals surface area contributed by atoms with Crippen molar-refractivity contribution in [3.8, 4) is 0 Å². The van der Waals surface area contributed by atoms with Gasteiger partial charge in [-0.3, -0.25) is 0 Å². The van der Waals surface area contributed by atoms with Crippen LogP contribution < -0.4 is 10.6 Å². The Morgan fingerprint density at radius 2 is 1.77 bits per heavy atom. The lowest BCUT2D eigenvalue weighted by molar-refractivity contribution is 0.561. The average molecular weight is 311 g/mol. The van der Waals surface area contributed by atoms with Crippen LogP contribution in [-0.2, 0) is 6.42 Å². The highest BCUT2D eigenvalue weighted by molar-refractivity contribution is 7.80. The molecule has 0 amide bonds. The fraction of sp³-hybridized carbons (Fsp3) is 0.176. The van der Waals surface area contributed by atoms with Gasteiger partial charge in [0.1, 0.15) is 5.52 Å². The van der Waals surface area contributed by atoms with Crippen LogP contribution >= 0.6 is 12.2 Å². The van der Waals surface area contributed by atoms with Crippen LogP contribution in [0.1, 0.15) is 18.4 Å². The summed E-state index contributed by atoms with van der Waals surface area (Å²) in [5.41, 5.74) is 4.74. The lowest BCUT2D eigenvalue weighted by atomic mass is 10.1. The Kier molecular flexibility index (Phi) is 4.06. The van der Waals surface area contributed by atoms with Crippen LogP contribution in [0.15, 0.2) is 46.9 Å². The molecule has 3 rings (SSSR count). The van der Waals surface area contributed by atoms with E-state index in [0.29, 0.717) is 11.0 Å². The molecule has 0 bridgehead atoms. The summed E-state index contributed by atoms with van der Waals surface area (Å²) in [7, 11) is 0. The molecule has 2 aromatic carbocycles. The van der Waals surface area contributed by atoms with E-state index >= 15 is 0 Å². The van der Waals surface area contributed by atoms with Gasteiger partial charge in [0.15, 0.2) is 16.6 Å². The van der Waals surface area contributed by atoms with Crippen molar-refractivity contribution in [2.24, 2.45) is 0 Å². The van der Waals surface area contributed by atoms with Gasteiger partial charge in [0.05, 0.1) is 0 Å². The van der Waals surface area contributed by atoms with E-state index in [4.69, 9.17) is 16.6 Å². The second kappa shape index (κ2) is 6.15. The summed E-state index contributed by atoms with van der Waals surface area (Å²) in [5, 5.41) is 6.88. The van der Waals surface area contributed by atoms with Crippen molar-refractivity contribution in [3.63, 3.8) is 0 Å². The molecule has 0 atom stereocenters. The zero-order chi connectivity index (χ0) is 15.5. The third-order valence-corrected chi connectivity index (χ3v) is 3.58. The molecular formula is C17H17N3OS. The molecule has 0 aliphatic carbocycles. The van der Waals surface area contributed by atoms with Crippen LogP contribution in [0.25, 0.3) is 11.1 Å². The topological polar surface area (TPSA) is 50.1 Å². The SMILES string of the molecule is CCc1ccc(NC(=S)Nc2ccc3oc(C)nc3c2)cc1. The second-order valence-electron chi connectivity index (χ2n) is 5.04. The van der Waals surface area contributed by atoms with Gasteiger partial charge in [-0.05, 0) is 54.5 Å². The van der Waals surface area contributed by atoms with Crippen molar-refractivity contribution >= 4 is 39.8 Å². The summed E-state index contributed by atoms with van der Waals surface area (Å²) in [5.74, 6) is 0.656. The third kappa shape index (κ3) is 3.26. The molecule has 0 aliphatic rings. The lowest BCUT2D eigenvalue weighted by Crippen LogP contribution is -2.18. The van der Waals surface area contributed by atoms with Crippen LogP contribution in [-0.4, -0.2) is 10.1 Å². The number of aryl methyl sites for hydroxylation is 2. The molecule has 0 saturated carbocycles. The lowest BCUT2D eigenvalue weighted by Gasteiger charge is -2.10. The minimum atomic E-state index is 0.545. The average Bonchev–Trinajstić information content (AvgIpc) is 2.87. The number of benzene rings is 2. The summed E-state index contributed by atoms with van der Waals surface area (Å²) in [4.78, 5) is 4.31. The zero-order valence-corrected chi connectivity index (χ0v) is 13.3. The van der Waals surface area contributed by atoms with Crippen molar-refractivity contribution in [1.29, 1.82) is 0 Å². The number of oxazole rings is 1. The number of hydrogen-bond acceptors (Lipinski definition) is 3. The Balaban J connectivity index is 1.69. The number of anilines is 2. The van der Waals surface area contributed by atoms with Crippen molar-refractivity contribution in [2.45, 2.75) is 20.3 Å². The van der Waals surface area contributed by atoms with E-state index in [-0.39, 0.29) is 0 Å². The summed E-state index contributed by atoms with van der Waals surface area (Å²) in [6.07, 6.45) is 1.03. The second-order valence-corrected chi connectivity index (χ2v) is 5.45. The molecule has 0 spiro atoms. The normalized spacial score (nSPS) is 10.6. The van der Waals surface area contributed by atoms with Crippen molar-refractivity contribution in [3.05, 3.63) is 53.9 Å². The highest BCUT2D eigenvalue weighted by Gasteiger charge is 2.04. The van der Waals surface area contributed by atoms with Crippen molar-refractivity contribution < 1.29 is 4.42 Å². The van der Waals surface area contributed by atoms with Gasteiger partial charge in [0.25, 0.3) is 0 Å². The van der Waals surface area contributed by atoms with E-state index in [2.05, 4.69) is 34.7 Å². The molecule has 3 aromatic rings. The fourth-order valence-corrected chi connectivity index (χ4v) is 2.47. The number of hydrogen-bond donors (Lipinski definition) is 2. The smallest absolute Gasteiger partial charge is 0.192 e. The van der Waals surface area contributed by atoms with Crippen molar-refractivity contribution in [2.75, 3.05) is 10.6 Å². The van der Waals surface area contributed by atoms with Crippen LogP contribution in [0, 0.1) is 6.92 Å². The molecular weight excluding hydrogens is 294 g/mol. The number of fused-ring (bicyclic) bond motifs is 1. The van der Waals surface area contributed by atoms with Gasteiger partial charge >= 0.3 is 0 Å². The number of aromatic nitrogens is 1. The van der Waals surface area contributed by atoms with Gasteiger partial charge in [-0.25, -0.2) is 4.98 Å². The molecule has 0 aliphatic heterocycles. The van der Waals surface area contributed by atoms with Crippen LogP contribution in [0.2, 0.25) is 0 Å². The molecule has 1 heterocycles. The predicted octanol–water partition coefficient (Wildman–Crippen LogP) is 4.51. The van der Waals surface area contributed by atoms with E-state index in [0.717, 1.165) is 28.9 Å². The standard InChI is InChI=1S/C17H17N3OS/c1-3-12-4-6-13(7-5-12)19-17(22)20-14-8-9-16-15(10-14)18-11(2)21-16/h4-10H,3H2,1-2H3,(H2,19,20,22). The highest BCUT2D eigenvalue weighted by atomic mass is 32.1. The van der Waals surface area contributed by atoms with Gasteiger partial charge in [-0.2, -0.15) is 0 Å². The maximum absolute atomic E-state index is 5.46. The summed E-state index contributed by atoms with van der Waals surface area (Å²) in [6.45, 7) is 3.97. The molecule has 112 valence electrons. The monoisotopic (exact) mass is 311 g/mol. The first kappa shape index (κ1) is 14.5. The number of rotatable bonds is 3. The maximum Gasteiger partial charge on any atom is 0.192 e. The van der Waals surface area contributed by atoms with E-state index in [1.54, 1.807) is 0 Å². The largest absolute Gasteiger partial charge is 0.441 e. The molecule has 0 saturated heterocycles. The molecule has 0 unspecified atom stereocenters. The molecule has 1 aromatic heterocycles. The molecule has 5 heteroatoms. The molecule has 0 fully saturated rings. The van der Waals surface area contributed by atoms with E-state index < -0.39 is 0 Å². The van der Waals surface area contributed by atoms with E-state index in [1.807, 2.05) is 37.3 Å². The Labute approximate surface area is 134 Å². The summed E-state index contributed by atoms with van der Waals surface area (Å²) < 4.78 is 5.46. The Morgan fingerprint density at radius 1 is 1.09 bits per heavy atom. The summed E-state index contributed by atoms with van der Waals surface area (Å²) in [6, 6.07) is 14.0. The maximum atomic E-state index is 5.46. The van der Waals surface area contributed by atoms with Gasteiger partial charge in [-0.1, -0.05) is 19.1 Å². The number of nitrogens with one attached hydrogen (secondary N) is 2.